The highest BCUT2D eigenvalue weighted by molar-refractivity contribution is 6.32. The number of rotatable bonds is 3. The molecule has 0 aliphatic rings. The highest BCUT2D eigenvalue weighted by Gasteiger charge is 2.07. The molecule has 0 heterocycles. The molecule has 13 heavy (non-hydrogen) atoms. The number of methoxy groups -OCH3 is 1. The first-order chi connectivity index (χ1) is 6.19. The standard InChI is InChI=1S/C10H12ClO2/c1-7(6-12)8-3-4-10(13-2)9(11)5-8/h3-5,12H,6H2,1-2H3. The summed E-state index contributed by atoms with van der Waals surface area (Å²) in [7, 11) is 1.57. The molecule has 0 aliphatic heterocycles. The maximum atomic E-state index is 8.89. The van der Waals surface area contributed by atoms with Gasteiger partial charge >= 0.3 is 0 Å². The Morgan fingerprint density at radius 3 is 2.69 bits per heavy atom. The van der Waals surface area contributed by atoms with Crippen LogP contribution in [0.4, 0.5) is 0 Å². The molecule has 1 aromatic rings. The van der Waals surface area contributed by atoms with Crippen LogP contribution in [0.2, 0.25) is 5.02 Å². The number of aliphatic hydroxyl groups is 1. The summed E-state index contributed by atoms with van der Waals surface area (Å²) >= 11 is 5.91. The Kier molecular flexibility index (Phi) is 3.58. The van der Waals surface area contributed by atoms with Crippen LogP contribution in [0.3, 0.4) is 0 Å². The highest BCUT2D eigenvalue weighted by atomic mass is 35.5. The van der Waals surface area contributed by atoms with E-state index >= 15 is 0 Å². The molecule has 0 fully saturated rings. The second-order valence-corrected chi connectivity index (χ2v) is 3.19. The van der Waals surface area contributed by atoms with E-state index in [1.54, 1.807) is 19.2 Å². The minimum atomic E-state index is 0.0443. The molecular weight excluding hydrogens is 188 g/mol. The van der Waals surface area contributed by atoms with Crippen molar-refractivity contribution in [2.45, 2.75) is 6.92 Å². The van der Waals surface area contributed by atoms with Gasteiger partial charge in [-0.2, -0.15) is 0 Å². The third-order valence-electron chi connectivity index (χ3n) is 1.88. The summed E-state index contributed by atoms with van der Waals surface area (Å²) in [4.78, 5) is 0. The van der Waals surface area contributed by atoms with E-state index in [0.29, 0.717) is 10.8 Å². The summed E-state index contributed by atoms with van der Waals surface area (Å²) in [6.45, 7) is 1.90. The van der Waals surface area contributed by atoms with Gasteiger partial charge in [0, 0.05) is 5.92 Å². The summed E-state index contributed by atoms with van der Waals surface area (Å²) in [5, 5.41) is 9.46. The molecule has 0 unspecified atom stereocenters. The average Bonchev–Trinajstić information content (AvgIpc) is 2.16. The number of hydrogen-bond acceptors (Lipinski definition) is 2. The zero-order valence-electron chi connectivity index (χ0n) is 7.67. The lowest BCUT2D eigenvalue weighted by Crippen LogP contribution is -1.99. The van der Waals surface area contributed by atoms with Gasteiger partial charge in [0.15, 0.2) is 0 Å². The SMILES string of the molecule is COc1ccc([C](C)CO)cc1Cl. The van der Waals surface area contributed by atoms with Crippen molar-refractivity contribution in [3.05, 3.63) is 34.7 Å². The van der Waals surface area contributed by atoms with Gasteiger partial charge in [-0.1, -0.05) is 24.6 Å². The molecule has 0 saturated carbocycles. The zero-order chi connectivity index (χ0) is 9.84. The second kappa shape index (κ2) is 4.49. The van der Waals surface area contributed by atoms with Crippen LogP contribution in [0.25, 0.3) is 0 Å². The molecule has 0 saturated heterocycles. The van der Waals surface area contributed by atoms with E-state index in [0.717, 1.165) is 11.5 Å². The van der Waals surface area contributed by atoms with Gasteiger partial charge in [0.05, 0.1) is 18.7 Å². The van der Waals surface area contributed by atoms with Crippen molar-refractivity contribution in [1.82, 2.24) is 0 Å². The smallest absolute Gasteiger partial charge is 0.137 e. The van der Waals surface area contributed by atoms with Gasteiger partial charge in [-0.25, -0.2) is 0 Å². The van der Waals surface area contributed by atoms with E-state index in [1.165, 1.54) is 0 Å². The van der Waals surface area contributed by atoms with Crippen molar-refractivity contribution in [3.63, 3.8) is 0 Å². The van der Waals surface area contributed by atoms with Gasteiger partial charge in [0.25, 0.3) is 0 Å². The van der Waals surface area contributed by atoms with E-state index in [1.807, 2.05) is 13.0 Å². The maximum absolute atomic E-state index is 8.89. The summed E-state index contributed by atoms with van der Waals surface area (Å²) in [6.07, 6.45) is 0. The first kappa shape index (κ1) is 10.4. The predicted molar refractivity (Wildman–Crippen MR) is 53.1 cm³/mol. The van der Waals surface area contributed by atoms with Crippen LogP contribution < -0.4 is 4.74 Å². The van der Waals surface area contributed by atoms with Gasteiger partial charge in [-0.3, -0.25) is 0 Å². The quantitative estimate of drug-likeness (QED) is 0.810. The fourth-order valence-electron chi connectivity index (χ4n) is 1.02. The summed E-state index contributed by atoms with van der Waals surface area (Å²) in [5.74, 6) is 1.54. The number of benzene rings is 1. The topological polar surface area (TPSA) is 29.5 Å². The van der Waals surface area contributed by atoms with Crippen molar-refractivity contribution in [2.24, 2.45) is 0 Å². The molecule has 0 atom stereocenters. The molecule has 1 aromatic carbocycles. The lowest BCUT2D eigenvalue weighted by atomic mass is 10.0. The van der Waals surface area contributed by atoms with Gasteiger partial charge in [0.2, 0.25) is 0 Å². The highest BCUT2D eigenvalue weighted by Crippen LogP contribution is 2.27. The number of halogens is 1. The second-order valence-electron chi connectivity index (χ2n) is 2.79. The van der Waals surface area contributed by atoms with Gasteiger partial charge in [0.1, 0.15) is 5.75 Å². The molecule has 3 heteroatoms. The molecule has 2 nitrogen and oxygen atoms in total. The number of ether oxygens (including phenoxy) is 1. The minimum absolute atomic E-state index is 0.0443. The molecule has 0 aromatic heterocycles. The fourth-order valence-corrected chi connectivity index (χ4v) is 1.28. The van der Waals surface area contributed by atoms with Crippen molar-refractivity contribution in [2.75, 3.05) is 13.7 Å². The van der Waals surface area contributed by atoms with Crippen LogP contribution in [0, 0.1) is 5.92 Å². The molecule has 0 amide bonds. The van der Waals surface area contributed by atoms with Crippen LogP contribution in [-0.4, -0.2) is 18.8 Å². The molecule has 1 N–H and O–H groups in total. The van der Waals surface area contributed by atoms with Crippen LogP contribution in [0.5, 0.6) is 5.75 Å². The molecular formula is C10H12ClO2. The van der Waals surface area contributed by atoms with E-state index < -0.39 is 0 Å². The Hall–Kier alpha value is -0.730. The molecule has 1 rings (SSSR count). The molecule has 0 spiro atoms. The van der Waals surface area contributed by atoms with Gasteiger partial charge < -0.3 is 9.84 Å². The van der Waals surface area contributed by atoms with Crippen LogP contribution in [0.15, 0.2) is 18.2 Å². The van der Waals surface area contributed by atoms with Crippen molar-refractivity contribution >= 4 is 11.6 Å². The fraction of sp³-hybridized carbons (Fsp3) is 0.300. The monoisotopic (exact) mass is 199 g/mol. The lowest BCUT2D eigenvalue weighted by molar-refractivity contribution is 0.315. The number of hydrogen-bond donors (Lipinski definition) is 1. The van der Waals surface area contributed by atoms with E-state index in [-0.39, 0.29) is 6.61 Å². The third kappa shape index (κ3) is 2.36. The van der Waals surface area contributed by atoms with Crippen molar-refractivity contribution in [1.29, 1.82) is 0 Å². The Morgan fingerprint density at radius 1 is 1.54 bits per heavy atom. The third-order valence-corrected chi connectivity index (χ3v) is 2.18. The maximum Gasteiger partial charge on any atom is 0.137 e. The normalized spacial score (nSPS) is 10.5. The van der Waals surface area contributed by atoms with E-state index in [9.17, 15) is 0 Å². The number of aliphatic hydroxyl groups excluding tert-OH is 1. The first-order valence-corrected chi connectivity index (χ1v) is 4.34. The Balaban J connectivity index is 2.95. The molecule has 0 aliphatic carbocycles. The first-order valence-electron chi connectivity index (χ1n) is 3.96. The van der Waals surface area contributed by atoms with Crippen LogP contribution in [-0.2, 0) is 0 Å². The molecule has 71 valence electrons. The summed E-state index contributed by atoms with van der Waals surface area (Å²) in [5.41, 5.74) is 0.938. The predicted octanol–water partition coefficient (Wildman–Crippen LogP) is 2.28. The van der Waals surface area contributed by atoms with Gasteiger partial charge in [-0.05, 0) is 17.7 Å². The Bertz CT molecular complexity index is 286. The van der Waals surface area contributed by atoms with Crippen LogP contribution in [0.1, 0.15) is 12.5 Å². The minimum Gasteiger partial charge on any atom is -0.495 e. The van der Waals surface area contributed by atoms with Gasteiger partial charge in [-0.15, -0.1) is 0 Å². The largest absolute Gasteiger partial charge is 0.495 e. The van der Waals surface area contributed by atoms with E-state index in [2.05, 4.69) is 0 Å². The average molecular weight is 200 g/mol. The van der Waals surface area contributed by atoms with Crippen molar-refractivity contribution < 1.29 is 9.84 Å². The Labute approximate surface area is 83.1 Å². The van der Waals surface area contributed by atoms with Crippen LogP contribution >= 0.6 is 11.6 Å². The molecule has 0 bridgehead atoms. The Morgan fingerprint density at radius 2 is 2.23 bits per heavy atom. The lowest BCUT2D eigenvalue weighted by Gasteiger charge is -2.09. The summed E-state index contributed by atoms with van der Waals surface area (Å²) < 4.78 is 5.01. The zero-order valence-corrected chi connectivity index (χ0v) is 8.43. The van der Waals surface area contributed by atoms with Crippen molar-refractivity contribution in [3.8, 4) is 5.75 Å². The summed E-state index contributed by atoms with van der Waals surface area (Å²) in [6, 6.07) is 5.44. The molecule has 1 radical (unpaired) electrons. The van der Waals surface area contributed by atoms with E-state index in [4.69, 9.17) is 21.4 Å².